The van der Waals surface area contributed by atoms with Crippen molar-refractivity contribution in [2.24, 2.45) is 0 Å². The zero-order valence-electron chi connectivity index (χ0n) is 22.3. The van der Waals surface area contributed by atoms with E-state index in [0.717, 1.165) is 4.68 Å². The minimum absolute atomic E-state index is 0.234. The summed E-state index contributed by atoms with van der Waals surface area (Å²) < 4.78 is 29.1. The molecular weight excluding hydrogens is 551 g/mol. The largest absolute Gasteiger partial charge is 0.463 e. The molecule has 1 aliphatic heterocycles. The lowest BCUT2D eigenvalue weighted by Crippen LogP contribution is -2.41. The molecule has 0 spiro atoms. The molecule has 42 heavy (non-hydrogen) atoms. The fourth-order valence-electron chi connectivity index (χ4n) is 4.25. The highest BCUT2D eigenvalue weighted by atomic mass is 16.8. The average Bonchev–Trinajstić information content (AvgIpc) is 3.66. The highest BCUT2D eigenvalue weighted by Gasteiger charge is 2.52. The van der Waals surface area contributed by atoms with Crippen LogP contribution in [0.4, 0.5) is 0 Å². The van der Waals surface area contributed by atoms with Crippen LogP contribution in [0.15, 0.2) is 97.3 Å². The van der Waals surface area contributed by atoms with Gasteiger partial charge in [0.2, 0.25) is 0 Å². The summed E-state index contributed by atoms with van der Waals surface area (Å²) in [5, 5.41) is 4.11. The van der Waals surface area contributed by atoms with Crippen molar-refractivity contribution in [2.75, 3.05) is 13.7 Å². The van der Waals surface area contributed by atoms with Gasteiger partial charge in [-0.05, 0) is 36.4 Å². The summed E-state index contributed by atoms with van der Waals surface area (Å²) in [5.74, 6) is -3.16. The molecule has 0 N–H and O–H groups in total. The summed E-state index contributed by atoms with van der Waals surface area (Å²) in [6.07, 6.45) is -3.69. The van der Waals surface area contributed by atoms with Gasteiger partial charge in [-0.1, -0.05) is 54.6 Å². The Balaban J connectivity index is 1.47. The van der Waals surface area contributed by atoms with Gasteiger partial charge >= 0.3 is 23.9 Å². The van der Waals surface area contributed by atoms with Crippen molar-refractivity contribution in [3.05, 3.63) is 120 Å². The molecule has 3 aromatic carbocycles. The van der Waals surface area contributed by atoms with E-state index >= 15 is 0 Å². The number of hydrogen-bond acceptors (Lipinski definition) is 11. The lowest BCUT2D eigenvalue weighted by Gasteiger charge is -2.24. The third-order valence-electron chi connectivity index (χ3n) is 6.32. The van der Waals surface area contributed by atoms with E-state index < -0.39 is 48.4 Å². The molecule has 12 heteroatoms. The summed E-state index contributed by atoms with van der Waals surface area (Å²) in [6.45, 7) is -0.366. The topological polar surface area (TPSA) is 145 Å². The Hall–Kier alpha value is -5.36. The van der Waals surface area contributed by atoms with Crippen LogP contribution in [0.3, 0.4) is 0 Å². The van der Waals surface area contributed by atoms with E-state index in [9.17, 15) is 19.2 Å². The Morgan fingerprint density at radius 1 is 0.714 bits per heavy atom. The zero-order chi connectivity index (χ0) is 29.5. The first kappa shape index (κ1) is 28.2. The maximum Gasteiger partial charge on any atom is 0.377 e. The molecule has 4 atom stereocenters. The Bertz CT molecular complexity index is 1540. The van der Waals surface area contributed by atoms with Crippen LogP contribution < -0.4 is 0 Å². The predicted octanol–water partition coefficient (Wildman–Crippen LogP) is 3.27. The predicted molar refractivity (Wildman–Crippen MR) is 143 cm³/mol. The quantitative estimate of drug-likeness (QED) is 0.164. The second-order valence-corrected chi connectivity index (χ2v) is 9.04. The van der Waals surface area contributed by atoms with Gasteiger partial charge in [-0.25, -0.2) is 28.8 Å². The number of benzene rings is 3. The van der Waals surface area contributed by atoms with Gasteiger partial charge in [0, 0.05) is 0 Å². The highest BCUT2D eigenvalue weighted by molar-refractivity contribution is 5.91. The zero-order valence-corrected chi connectivity index (χ0v) is 22.3. The molecule has 5 rings (SSSR count). The van der Waals surface area contributed by atoms with Gasteiger partial charge < -0.3 is 23.7 Å². The third-order valence-corrected chi connectivity index (χ3v) is 6.32. The Morgan fingerprint density at radius 2 is 1.21 bits per heavy atom. The number of carbonyl (C=O) groups excluding carboxylic acids is 4. The lowest BCUT2D eigenvalue weighted by atomic mass is 10.2. The normalized spacial score (nSPS) is 19.5. The maximum absolute atomic E-state index is 13.2. The molecular formula is C30H25N3O9. The van der Waals surface area contributed by atoms with E-state index in [1.165, 1.54) is 13.4 Å². The van der Waals surface area contributed by atoms with Crippen LogP contribution in [0.2, 0.25) is 0 Å². The molecule has 0 bridgehead atoms. The molecule has 214 valence electrons. The third kappa shape index (κ3) is 6.34. The number of rotatable bonds is 9. The second kappa shape index (κ2) is 12.9. The number of carbonyl (C=O) groups is 4. The molecule has 1 saturated heterocycles. The molecule has 1 fully saturated rings. The number of nitrogens with zero attached hydrogens (tertiary/aromatic N) is 3. The van der Waals surface area contributed by atoms with Crippen LogP contribution in [0, 0.1) is 0 Å². The van der Waals surface area contributed by atoms with Crippen LogP contribution >= 0.6 is 0 Å². The van der Waals surface area contributed by atoms with E-state index in [-0.39, 0.29) is 23.6 Å². The molecule has 0 amide bonds. The van der Waals surface area contributed by atoms with Crippen LogP contribution in [0.1, 0.15) is 47.9 Å². The van der Waals surface area contributed by atoms with Crippen molar-refractivity contribution >= 4 is 23.9 Å². The van der Waals surface area contributed by atoms with Crippen molar-refractivity contribution < 1.29 is 42.9 Å². The van der Waals surface area contributed by atoms with Crippen molar-refractivity contribution in [2.45, 2.75) is 24.5 Å². The summed E-state index contributed by atoms with van der Waals surface area (Å²) >= 11 is 0. The van der Waals surface area contributed by atoms with E-state index in [2.05, 4.69) is 14.8 Å². The minimum Gasteiger partial charge on any atom is -0.463 e. The molecule has 2 heterocycles. The summed E-state index contributed by atoms with van der Waals surface area (Å²) in [7, 11) is 1.18. The van der Waals surface area contributed by atoms with Crippen LogP contribution in [-0.4, -0.2) is 70.7 Å². The Morgan fingerprint density at radius 3 is 1.74 bits per heavy atom. The summed E-state index contributed by atoms with van der Waals surface area (Å²) in [4.78, 5) is 55.0. The fraction of sp³-hybridized carbons (Fsp3) is 0.200. The molecule has 1 aromatic heterocycles. The van der Waals surface area contributed by atoms with Gasteiger partial charge in [0.1, 0.15) is 19.0 Å². The van der Waals surface area contributed by atoms with Gasteiger partial charge in [-0.2, -0.15) is 0 Å². The summed E-state index contributed by atoms with van der Waals surface area (Å²) in [5.41, 5.74) is 0.774. The fourth-order valence-corrected chi connectivity index (χ4v) is 4.25. The molecule has 12 nitrogen and oxygen atoms in total. The summed E-state index contributed by atoms with van der Waals surface area (Å²) in [6, 6.07) is 24.7. The number of esters is 4. The monoisotopic (exact) mass is 576 g/mol. The molecule has 4 unspecified atom stereocenters. The Labute approximate surface area is 239 Å². The van der Waals surface area contributed by atoms with Gasteiger partial charge in [0.25, 0.3) is 5.82 Å². The maximum atomic E-state index is 13.2. The standard InChI is InChI=1S/C30H25N3O9/c1-38-30(37)25-31-18-33(32-25)26-24(42-29(36)21-15-9-4-10-16-21)23(41-28(35)20-13-7-3-8-14-20)22(40-26)17-39-27(34)19-11-5-2-6-12-19/h2-16,18,22-24,26H,17H2,1H3/i17+1,22+1,23+1,24+1,26+1. The average molecular weight is 577 g/mol. The van der Waals surface area contributed by atoms with Crippen LogP contribution in [0.25, 0.3) is 0 Å². The molecule has 0 radical (unpaired) electrons. The second-order valence-electron chi connectivity index (χ2n) is 9.04. The van der Waals surface area contributed by atoms with E-state index in [4.69, 9.17) is 18.9 Å². The van der Waals surface area contributed by atoms with E-state index in [0.29, 0.717) is 5.56 Å². The van der Waals surface area contributed by atoms with E-state index in [1.807, 2.05) is 0 Å². The molecule has 0 aliphatic carbocycles. The van der Waals surface area contributed by atoms with Gasteiger partial charge in [-0.15, -0.1) is 5.10 Å². The number of ether oxygens (including phenoxy) is 5. The Kier molecular flexibility index (Phi) is 8.64. The number of hydrogen-bond donors (Lipinski definition) is 0. The van der Waals surface area contributed by atoms with E-state index in [1.54, 1.807) is 91.0 Å². The number of methoxy groups -OCH3 is 1. The molecule has 0 saturated carbocycles. The van der Waals surface area contributed by atoms with Crippen molar-refractivity contribution in [1.82, 2.24) is 14.8 Å². The molecule has 4 aromatic rings. The van der Waals surface area contributed by atoms with Gasteiger partial charge in [0.05, 0.1) is 23.8 Å². The van der Waals surface area contributed by atoms with Crippen LogP contribution in [-0.2, 0) is 23.7 Å². The van der Waals surface area contributed by atoms with Crippen molar-refractivity contribution in [1.29, 1.82) is 0 Å². The molecule has 1 aliphatic rings. The highest BCUT2D eigenvalue weighted by Crippen LogP contribution is 2.35. The minimum atomic E-state index is -1.29. The van der Waals surface area contributed by atoms with Crippen molar-refractivity contribution in [3.8, 4) is 0 Å². The lowest BCUT2D eigenvalue weighted by molar-refractivity contribution is -0.0674. The first-order valence-corrected chi connectivity index (χ1v) is 12.8. The van der Waals surface area contributed by atoms with Gasteiger partial charge in [-0.3, -0.25) is 0 Å². The van der Waals surface area contributed by atoms with Crippen LogP contribution in [0.5, 0.6) is 0 Å². The van der Waals surface area contributed by atoms with Crippen molar-refractivity contribution in [3.63, 3.8) is 0 Å². The first-order valence-electron chi connectivity index (χ1n) is 12.8. The first-order chi connectivity index (χ1) is 20.4. The SMILES string of the molecule is COC(=O)c1ncn([13CH]2O[13CH]([13CH2]OC(=O)c3ccccc3)[13CH](OC(=O)c3ccccc3)[13CH]2OC(=O)c2ccccc2)n1. The number of aromatic nitrogens is 3. The smallest absolute Gasteiger partial charge is 0.377 e. The van der Waals surface area contributed by atoms with Gasteiger partial charge in [0.15, 0.2) is 18.4 Å².